The van der Waals surface area contributed by atoms with E-state index in [1.165, 1.54) is 0 Å². The van der Waals surface area contributed by atoms with Crippen molar-refractivity contribution in [2.45, 2.75) is 11.7 Å². The second-order valence-corrected chi connectivity index (χ2v) is 5.77. The van der Waals surface area contributed by atoms with Crippen molar-refractivity contribution in [3.8, 4) is 0 Å². The summed E-state index contributed by atoms with van der Waals surface area (Å²) in [4.78, 5) is 0. The summed E-state index contributed by atoms with van der Waals surface area (Å²) in [7, 11) is 47.5. The molecule has 0 bridgehead atoms. The molecule has 21 heavy (non-hydrogen) atoms. The molecule has 1 aliphatic rings. The molecule has 0 aliphatic heterocycles. The molecule has 16 radical (unpaired) electrons. The second-order valence-electron chi connectivity index (χ2n) is 4.92. The van der Waals surface area contributed by atoms with Crippen LogP contribution in [0.15, 0.2) is 21.5 Å². The molecule has 0 amide bonds. The van der Waals surface area contributed by atoms with Crippen LogP contribution >= 0.6 is 15.9 Å². The Kier molecular flexibility index (Phi) is 4.93. The zero-order valence-electron chi connectivity index (χ0n) is 11.2. The van der Waals surface area contributed by atoms with Gasteiger partial charge in [-0.15, -0.1) is 32.8 Å². The number of hydrogen-bond donors (Lipinski definition) is 0. The van der Waals surface area contributed by atoms with Crippen molar-refractivity contribution in [1.82, 2.24) is 0 Å². The minimum Gasteiger partial charge on any atom is -0.128 e. The summed E-state index contributed by atoms with van der Waals surface area (Å²) in [6, 6.07) is 0. The van der Waals surface area contributed by atoms with Crippen LogP contribution < -0.4 is 27.3 Å². The molecule has 0 heterocycles. The Bertz CT molecular complexity index is 649. The van der Waals surface area contributed by atoms with Gasteiger partial charge in [0, 0.05) is 4.48 Å². The molecule has 2 atom stereocenters. The predicted octanol–water partition coefficient (Wildman–Crippen LogP) is -3.46. The van der Waals surface area contributed by atoms with Crippen molar-refractivity contribution in [3.05, 3.63) is 27.1 Å². The van der Waals surface area contributed by atoms with Gasteiger partial charge in [0.2, 0.25) is 0 Å². The van der Waals surface area contributed by atoms with Gasteiger partial charge in [0.05, 0.1) is 7.85 Å². The van der Waals surface area contributed by atoms with E-state index in [4.69, 9.17) is 62.8 Å². The van der Waals surface area contributed by atoms with Crippen molar-refractivity contribution in [2.24, 2.45) is 0 Å². The van der Waals surface area contributed by atoms with E-state index in [9.17, 15) is 0 Å². The average molecular weight is 314 g/mol. The third-order valence-electron chi connectivity index (χ3n) is 3.71. The highest BCUT2D eigenvalue weighted by Gasteiger charge is 2.27. The third kappa shape index (κ3) is 2.71. The lowest BCUT2D eigenvalue weighted by Gasteiger charge is -2.34. The molecule has 9 heteroatoms. The minimum atomic E-state index is -0.599. The van der Waals surface area contributed by atoms with Gasteiger partial charge in [0.25, 0.3) is 0 Å². The largest absolute Gasteiger partial charge is 0.128 e. The van der Waals surface area contributed by atoms with Gasteiger partial charge in [-0.3, -0.25) is 0 Å². The number of allylic oxidation sites excluding steroid dienone is 4. The van der Waals surface area contributed by atoms with Crippen LogP contribution in [0.5, 0.6) is 0 Å². The predicted molar refractivity (Wildman–Crippen MR) is 101 cm³/mol. The van der Waals surface area contributed by atoms with Gasteiger partial charge in [-0.25, -0.2) is 0 Å². The Balaban J connectivity index is 2.70. The standard InChI is InChI=1S/C12H3B8Br/c13-5-2(1-3(21)6(14)9(5)17)4-7(15)10(18)12(20)11(19)8(4)16/h1-2,5H. The average Bonchev–Trinajstić information content (AvgIpc) is 2.46. The first-order valence-corrected chi connectivity index (χ1v) is 6.87. The van der Waals surface area contributed by atoms with E-state index in [-0.39, 0.29) is 27.3 Å². The Hall–Kier alpha value is -0.301. The molecule has 2 unspecified atom stereocenters. The van der Waals surface area contributed by atoms with E-state index >= 15 is 0 Å². The monoisotopic (exact) mass is 314 g/mol. The molecule has 1 aromatic carbocycles. The summed E-state index contributed by atoms with van der Waals surface area (Å²) < 4.78 is 0.611. The van der Waals surface area contributed by atoms with Crippen LogP contribution in [0.3, 0.4) is 0 Å². The molecule has 1 aliphatic carbocycles. The molecule has 1 aromatic rings. The molecule has 0 saturated carbocycles. The molecular weight excluding hydrogens is 311 g/mol. The van der Waals surface area contributed by atoms with Gasteiger partial charge < -0.3 is 0 Å². The summed E-state index contributed by atoms with van der Waals surface area (Å²) in [6.45, 7) is 0. The first-order valence-electron chi connectivity index (χ1n) is 6.08. The molecule has 0 spiro atoms. The SMILES string of the molecule is [B]C1=C([B])C([B])C(c2c([B])c([B])c([B])c([B])c2[B])C=C1Br. The van der Waals surface area contributed by atoms with Crippen molar-refractivity contribution in [3.63, 3.8) is 0 Å². The smallest absolute Gasteiger partial charge is 0.114 e. The maximum absolute atomic E-state index is 6.13. The fourth-order valence-electron chi connectivity index (χ4n) is 2.35. The van der Waals surface area contributed by atoms with Gasteiger partial charge in [-0.1, -0.05) is 38.9 Å². The summed E-state index contributed by atoms with van der Waals surface area (Å²) >= 11 is 3.33. The van der Waals surface area contributed by atoms with Gasteiger partial charge >= 0.3 is 0 Å². The maximum Gasteiger partial charge on any atom is 0.114 e. The van der Waals surface area contributed by atoms with Crippen LogP contribution in [0.2, 0.25) is 5.82 Å². The summed E-state index contributed by atoms with van der Waals surface area (Å²) in [5.41, 5.74) is 2.20. The zero-order valence-corrected chi connectivity index (χ0v) is 12.8. The summed E-state index contributed by atoms with van der Waals surface area (Å²) in [5, 5.41) is 0. The number of halogens is 1. The topological polar surface area (TPSA) is 0 Å². The lowest BCUT2D eigenvalue weighted by molar-refractivity contribution is 0.846. The fourth-order valence-corrected chi connectivity index (χ4v) is 2.87. The quantitative estimate of drug-likeness (QED) is 0.473. The normalized spacial score (nSPS) is 22.2. The van der Waals surface area contributed by atoms with Gasteiger partial charge in [-0.2, -0.15) is 0 Å². The second kappa shape index (κ2) is 6.07. The van der Waals surface area contributed by atoms with Crippen LogP contribution in [0.4, 0.5) is 0 Å². The van der Waals surface area contributed by atoms with Crippen molar-refractivity contribution >= 4 is 106 Å². The van der Waals surface area contributed by atoms with E-state index < -0.39 is 11.7 Å². The van der Waals surface area contributed by atoms with Crippen molar-refractivity contribution in [2.75, 3.05) is 0 Å². The van der Waals surface area contributed by atoms with E-state index in [1.807, 2.05) is 0 Å². The van der Waals surface area contributed by atoms with Gasteiger partial charge in [0.1, 0.15) is 54.9 Å². The van der Waals surface area contributed by atoms with E-state index in [0.29, 0.717) is 21.0 Å². The molecular formula is C12H3B8Br. The Morgan fingerprint density at radius 3 is 1.67 bits per heavy atom. The van der Waals surface area contributed by atoms with Crippen molar-refractivity contribution < 1.29 is 0 Å². The Morgan fingerprint density at radius 1 is 0.762 bits per heavy atom. The first kappa shape index (κ1) is 17.1. The molecule has 0 nitrogen and oxygen atoms in total. The van der Waals surface area contributed by atoms with Crippen LogP contribution in [0.1, 0.15) is 11.5 Å². The zero-order chi connectivity index (χ0) is 16.1. The lowest BCUT2D eigenvalue weighted by Crippen LogP contribution is -2.57. The summed E-state index contributed by atoms with van der Waals surface area (Å²) in [5.74, 6) is -1.02. The van der Waals surface area contributed by atoms with Gasteiger partial charge in [0.15, 0.2) is 0 Å². The molecule has 0 N–H and O–H groups in total. The van der Waals surface area contributed by atoms with Crippen LogP contribution in [-0.4, -0.2) is 62.8 Å². The molecule has 0 aromatic heterocycles. The number of rotatable bonds is 1. The minimum absolute atomic E-state index is 0.157. The Morgan fingerprint density at radius 2 is 1.19 bits per heavy atom. The molecule has 82 valence electrons. The third-order valence-corrected chi connectivity index (χ3v) is 4.41. The molecule has 2 rings (SSSR count). The van der Waals surface area contributed by atoms with Crippen molar-refractivity contribution in [1.29, 1.82) is 0 Å². The molecule has 0 fully saturated rings. The highest BCUT2D eigenvalue weighted by molar-refractivity contribution is 9.12. The molecule has 0 saturated heterocycles. The van der Waals surface area contributed by atoms with E-state index in [2.05, 4.69) is 15.9 Å². The van der Waals surface area contributed by atoms with E-state index in [0.717, 1.165) is 0 Å². The fraction of sp³-hybridized carbons (Fsp3) is 0.167. The lowest BCUT2D eigenvalue weighted by atomic mass is 9.52. The van der Waals surface area contributed by atoms with Gasteiger partial charge in [-0.05, 0) is 5.92 Å². The van der Waals surface area contributed by atoms with Crippen LogP contribution in [-0.2, 0) is 0 Å². The van der Waals surface area contributed by atoms with Crippen LogP contribution in [0.25, 0.3) is 0 Å². The number of benzene rings is 1. The maximum atomic E-state index is 6.13. The van der Waals surface area contributed by atoms with Crippen LogP contribution in [0, 0.1) is 0 Å². The highest BCUT2D eigenvalue weighted by atomic mass is 79.9. The highest BCUT2D eigenvalue weighted by Crippen LogP contribution is 2.40. The first-order chi connectivity index (χ1) is 9.68. The Labute approximate surface area is 144 Å². The van der Waals surface area contributed by atoms with E-state index in [1.54, 1.807) is 6.08 Å². The summed E-state index contributed by atoms with van der Waals surface area (Å²) in [6.07, 6.45) is 1.77. The number of hydrogen-bond acceptors (Lipinski definition) is 0.